The zero-order chi connectivity index (χ0) is 16.5. The lowest BCUT2D eigenvalue weighted by Gasteiger charge is -2.00. The minimum atomic E-state index is -0.496. The highest BCUT2D eigenvalue weighted by atomic mass is 16.7. The number of rotatable bonds is 4. The van der Waals surface area contributed by atoms with Crippen LogP contribution in [0.3, 0.4) is 0 Å². The van der Waals surface area contributed by atoms with Crippen molar-refractivity contribution in [1.29, 1.82) is 0 Å². The molecule has 0 radical (unpaired) electrons. The van der Waals surface area contributed by atoms with Gasteiger partial charge < -0.3 is 14.5 Å². The summed E-state index contributed by atoms with van der Waals surface area (Å²) in [5.41, 5.74) is 4.57. The van der Waals surface area contributed by atoms with Crippen molar-refractivity contribution in [3.05, 3.63) is 52.1 Å². The normalized spacial score (nSPS) is 12.8. The van der Waals surface area contributed by atoms with Crippen LogP contribution in [0.5, 0.6) is 11.5 Å². The maximum atomic E-state index is 11.2. The minimum absolute atomic E-state index is 0.0460. The number of nitro benzene ring substituents is 1. The number of hydrogen-bond acceptors (Lipinski definition) is 7. The van der Waals surface area contributed by atoms with Crippen LogP contribution in [0.25, 0.3) is 11.0 Å². The zero-order valence-corrected chi connectivity index (χ0v) is 12.2. The van der Waals surface area contributed by atoms with Crippen LogP contribution in [0.4, 0.5) is 11.6 Å². The smallest absolute Gasteiger partial charge is 0.282 e. The molecule has 2 aromatic carbocycles. The van der Waals surface area contributed by atoms with Gasteiger partial charge in [0.25, 0.3) is 5.69 Å². The van der Waals surface area contributed by atoms with E-state index in [0.717, 1.165) is 11.0 Å². The van der Waals surface area contributed by atoms with Crippen molar-refractivity contribution in [3.8, 4) is 11.5 Å². The van der Waals surface area contributed by atoms with Crippen LogP contribution < -0.4 is 14.9 Å². The van der Waals surface area contributed by atoms with Gasteiger partial charge in [-0.2, -0.15) is 5.10 Å². The molecule has 0 amide bonds. The number of hydrazone groups is 1. The van der Waals surface area contributed by atoms with E-state index in [0.29, 0.717) is 23.0 Å². The molecule has 4 rings (SSSR count). The van der Waals surface area contributed by atoms with Crippen LogP contribution in [-0.4, -0.2) is 27.9 Å². The first-order chi connectivity index (χ1) is 11.7. The Morgan fingerprint density at radius 2 is 2.08 bits per heavy atom. The second kappa shape index (κ2) is 5.54. The predicted octanol–water partition coefficient (Wildman–Crippen LogP) is 2.65. The molecule has 0 saturated carbocycles. The van der Waals surface area contributed by atoms with Crippen LogP contribution in [0.2, 0.25) is 0 Å². The molecule has 0 fully saturated rings. The van der Waals surface area contributed by atoms with Gasteiger partial charge in [0.2, 0.25) is 12.7 Å². The number of benzene rings is 2. The van der Waals surface area contributed by atoms with Gasteiger partial charge in [-0.3, -0.25) is 10.1 Å². The number of nitrogens with zero attached hydrogens (tertiary/aromatic N) is 3. The number of anilines is 1. The van der Waals surface area contributed by atoms with Gasteiger partial charge in [0.05, 0.1) is 33.8 Å². The third-order valence-electron chi connectivity index (χ3n) is 3.48. The minimum Gasteiger partial charge on any atom is -0.454 e. The van der Waals surface area contributed by atoms with Gasteiger partial charge in [0.15, 0.2) is 11.5 Å². The fourth-order valence-corrected chi connectivity index (χ4v) is 2.38. The number of nitrogens with one attached hydrogen (secondary N) is 2. The molecule has 120 valence electrons. The molecule has 0 bridgehead atoms. The summed E-state index contributed by atoms with van der Waals surface area (Å²) in [5.74, 6) is 1.24. The Morgan fingerprint density at radius 3 is 2.88 bits per heavy atom. The highest BCUT2D eigenvalue weighted by molar-refractivity contribution is 5.87. The van der Waals surface area contributed by atoms with Gasteiger partial charge in [0.1, 0.15) is 0 Å². The van der Waals surface area contributed by atoms with E-state index >= 15 is 0 Å². The molecule has 0 saturated heterocycles. The molecule has 24 heavy (non-hydrogen) atoms. The van der Waals surface area contributed by atoms with Crippen molar-refractivity contribution in [2.45, 2.75) is 0 Å². The molecule has 2 heterocycles. The third-order valence-corrected chi connectivity index (χ3v) is 3.48. The molecule has 2 N–H and O–H groups in total. The summed E-state index contributed by atoms with van der Waals surface area (Å²) in [6.07, 6.45) is 1.34. The SMILES string of the molecule is O=[N+]([O-])c1cc2c(cc1C=NNc1nc3ccccc3[nH]1)OCO2. The molecule has 3 aromatic rings. The lowest BCUT2D eigenvalue weighted by molar-refractivity contribution is -0.385. The van der Waals surface area contributed by atoms with Crippen LogP contribution >= 0.6 is 0 Å². The average Bonchev–Trinajstić information content (AvgIpc) is 3.19. The number of aromatic nitrogens is 2. The first-order valence-corrected chi connectivity index (χ1v) is 7.02. The summed E-state index contributed by atoms with van der Waals surface area (Å²) < 4.78 is 10.4. The lowest BCUT2D eigenvalue weighted by Crippen LogP contribution is -1.97. The van der Waals surface area contributed by atoms with E-state index < -0.39 is 4.92 Å². The van der Waals surface area contributed by atoms with Crippen molar-refractivity contribution >= 4 is 28.9 Å². The molecule has 1 aliphatic rings. The molecule has 0 unspecified atom stereocenters. The number of imidazole rings is 1. The number of fused-ring (bicyclic) bond motifs is 2. The molecule has 9 nitrogen and oxygen atoms in total. The monoisotopic (exact) mass is 325 g/mol. The molecular weight excluding hydrogens is 314 g/mol. The van der Waals surface area contributed by atoms with E-state index in [1.165, 1.54) is 18.3 Å². The van der Waals surface area contributed by atoms with Gasteiger partial charge in [-0.25, -0.2) is 10.4 Å². The first kappa shape index (κ1) is 14.0. The topological polar surface area (TPSA) is 115 Å². The van der Waals surface area contributed by atoms with Gasteiger partial charge in [-0.1, -0.05) is 12.1 Å². The maximum Gasteiger partial charge on any atom is 0.282 e. The molecule has 0 spiro atoms. The highest BCUT2D eigenvalue weighted by Gasteiger charge is 2.22. The Morgan fingerprint density at radius 1 is 1.29 bits per heavy atom. The second-order valence-electron chi connectivity index (χ2n) is 4.99. The lowest BCUT2D eigenvalue weighted by atomic mass is 10.1. The Kier molecular flexibility index (Phi) is 3.23. The van der Waals surface area contributed by atoms with E-state index in [2.05, 4.69) is 20.5 Å². The number of para-hydroxylation sites is 2. The predicted molar refractivity (Wildman–Crippen MR) is 86.5 cm³/mol. The number of aromatic amines is 1. The Balaban J connectivity index is 1.60. The van der Waals surface area contributed by atoms with E-state index in [4.69, 9.17) is 9.47 Å². The van der Waals surface area contributed by atoms with Crippen molar-refractivity contribution < 1.29 is 14.4 Å². The molecule has 0 aliphatic carbocycles. The second-order valence-corrected chi connectivity index (χ2v) is 4.99. The number of ether oxygens (including phenoxy) is 2. The fraction of sp³-hybridized carbons (Fsp3) is 0.0667. The van der Waals surface area contributed by atoms with E-state index in [1.54, 1.807) is 0 Å². The number of nitro groups is 1. The molecule has 9 heteroatoms. The summed E-state index contributed by atoms with van der Waals surface area (Å²) in [6.45, 7) is 0.0460. The maximum absolute atomic E-state index is 11.2. The Hall–Kier alpha value is -3.62. The van der Waals surface area contributed by atoms with Crippen LogP contribution in [0, 0.1) is 10.1 Å². The van der Waals surface area contributed by atoms with E-state index in [-0.39, 0.29) is 12.5 Å². The van der Waals surface area contributed by atoms with Gasteiger partial charge in [-0.05, 0) is 18.2 Å². The molecule has 1 aliphatic heterocycles. The molecule has 0 atom stereocenters. The summed E-state index contributed by atoms with van der Waals surface area (Å²) >= 11 is 0. The van der Waals surface area contributed by atoms with Crippen molar-refractivity contribution in [2.24, 2.45) is 5.10 Å². The van der Waals surface area contributed by atoms with E-state index in [1.807, 2.05) is 24.3 Å². The highest BCUT2D eigenvalue weighted by Crippen LogP contribution is 2.37. The van der Waals surface area contributed by atoms with Crippen molar-refractivity contribution in [2.75, 3.05) is 12.2 Å². The summed E-state index contributed by atoms with van der Waals surface area (Å²) in [7, 11) is 0. The van der Waals surface area contributed by atoms with Crippen molar-refractivity contribution in [1.82, 2.24) is 9.97 Å². The standard InChI is InChI=1S/C15H11N5O4/c21-20(22)12-6-14-13(23-8-24-14)5-9(12)7-16-19-15-17-10-3-1-2-4-11(10)18-15/h1-7H,8H2,(H2,17,18,19). The quantitative estimate of drug-likeness (QED) is 0.433. The number of hydrogen-bond donors (Lipinski definition) is 2. The van der Waals surface area contributed by atoms with Crippen LogP contribution in [0.15, 0.2) is 41.5 Å². The zero-order valence-electron chi connectivity index (χ0n) is 12.2. The number of H-pyrrole nitrogens is 1. The summed E-state index contributed by atoms with van der Waals surface area (Å²) in [6, 6.07) is 10.4. The molecular formula is C15H11N5O4. The van der Waals surface area contributed by atoms with Crippen LogP contribution in [0.1, 0.15) is 5.56 Å². The average molecular weight is 325 g/mol. The Labute approximate surface area is 135 Å². The van der Waals surface area contributed by atoms with E-state index in [9.17, 15) is 10.1 Å². The first-order valence-electron chi connectivity index (χ1n) is 7.02. The fourth-order valence-electron chi connectivity index (χ4n) is 2.38. The molecule has 1 aromatic heterocycles. The van der Waals surface area contributed by atoms with Gasteiger partial charge >= 0.3 is 0 Å². The largest absolute Gasteiger partial charge is 0.454 e. The van der Waals surface area contributed by atoms with Crippen molar-refractivity contribution in [3.63, 3.8) is 0 Å². The summed E-state index contributed by atoms with van der Waals surface area (Å²) in [4.78, 5) is 18.0. The van der Waals surface area contributed by atoms with Gasteiger partial charge in [-0.15, -0.1) is 0 Å². The summed E-state index contributed by atoms with van der Waals surface area (Å²) in [5, 5.41) is 15.2. The van der Waals surface area contributed by atoms with Crippen LogP contribution in [-0.2, 0) is 0 Å². The van der Waals surface area contributed by atoms with Gasteiger partial charge in [0, 0.05) is 0 Å². The third kappa shape index (κ3) is 2.47. The Bertz CT molecular complexity index is 933.